The van der Waals surface area contributed by atoms with Gasteiger partial charge in [0.25, 0.3) is 0 Å². The fraction of sp³-hybridized carbons (Fsp3) is 0.538. The Hall–Kier alpha value is -1.10. The lowest BCUT2D eigenvalue weighted by Crippen LogP contribution is -2.48. The van der Waals surface area contributed by atoms with Gasteiger partial charge in [0, 0.05) is 19.1 Å². The lowest BCUT2D eigenvalue weighted by Gasteiger charge is -2.37. The first-order chi connectivity index (χ1) is 8.19. The standard InChI is InChI=1S/C13H19NO3/c1-10-9-17-13(8-15)7-14(10)6-11-3-2-4-12(16)5-11/h2-5,10,13,15-16H,6-9H2,1H3. The number of hydrogen-bond donors (Lipinski definition) is 2. The van der Waals surface area contributed by atoms with Gasteiger partial charge in [-0.25, -0.2) is 0 Å². The first-order valence-corrected chi connectivity index (χ1v) is 5.93. The van der Waals surface area contributed by atoms with E-state index >= 15 is 0 Å². The van der Waals surface area contributed by atoms with Crippen molar-refractivity contribution in [2.24, 2.45) is 0 Å². The number of ether oxygens (including phenoxy) is 1. The Bertz CT molecular complexity index is 369. The maximum absolute atomic E-state index is 9.42. The highest BCUT2D eigenvalue weighted by molar-refractivity contribution is 5.27. The number of aliphatic hydroxyl groups is 1. The Kier molecular flexibility index (Phi) is 3.99. The molecule has 0 bridgehead atoms. The van der Waals surface area contributed by atoms with Gasteiger partial charge in [-0.15, -0.1) is 0 Å². The molecule has 4 nitrogen and oxygen atoms in total. The van der Waals surface area contributed by atoms with E-state index in [1.54, 1.807) is 12.1 Å². The van der Waals surface area contributed by atoms with Gasteiger partial charge in [-0.1, -0.05) is 12.1 Å². The predicted molar refractivity (Wildman–Crippen MR) is 64.8 cm³/mol. The van der Waals surface area contributed by atoms with E-state index in [0.717, 1.165) is 18.7 Å². The van der Waals surface area contributed by atoms with Crippen LogP contribution in [0.1, 0.15) is 12.5 Å². The number of aliphatic hydroxyl groups excluding tert-OH is 1. The molecular formula is C13H19NO3. The van der Waals surface area contributed by atoms with Crippen LogP contribution in [-0.4, -0.2) is 47.0 Å². The number of phenolic OH excluding ortho intramolecular Hbond substituents is 1. The number of phenols is 1. The van der Waals surface area contributed by atoms with E-state index in [-0.39, 0.29) is 12.7 Å². The minimum atomic E-state index is -0.0940. The normalized spacial score (nSPS) is 26.0. The molecule has 4 heteroatoms. The molecule has 1 aliphatic heterocycles. The van der Waals surface area contributed by atoms with E-state index in [4.69, 9.17) is 9.84 Å². The fourth-order valence-corrected chi connectivity index (χ4v) is 2.10. The molecule has 0 amide bonds. The van der Waals surface area contributed by atoms with Crippen molar-refractivity contribution in [1.82, 2.24) is 4.90 Å². The summed E-state index contributed by atoms with van der Waals surface area (Å²) in [5.74, 6) is 0.294. The van der Waals surface area contributed by atoms with Crippen LogP contribution in [0.4, 0.5) is 0 Å². The Labute approximate surface area is 101 Å². The highest BCUT2D eigenvalue weighted by atomic mass is 16.5. The summed E-state index contributed by atoms with van der Waals surface area (Å²) in [6, 6.07) is 7.62. The molecule has 0 radical (unpaired) electrons. The van der Waals surface area contributed by atoms with Gasteiger partial charge >= 0.3 is 0 Å². The van der Waals surface area contributed by atoms with Crippen LogP contribution in [0.15, 0.2) is 24.3 Å². The molecular weight excluding hydrogens is 218 g/mol. The van der Waals surface area contributed by atoms with Crippen LogP contribution in [0.25, 0.3) is 0 Å². The maximum Gasteiger partial charge on any atom is 0.115 e. The first kappa shape index (κ1) is 12.4. The fourth-order valence-electron chi connectivity index (χ4n) is 2.10. The number of nitrogens with zero attached hydrogens (tertiary/aromatic N) is 1. The summed E-state index contributed by atoms with van der Waals surface area (Å²) < 4.78 is 5.49. The largest absolute Gasteiger partial charge is 0.508 e. The summed E-state index contributed by atoms with van der Waals surface area (Å²) >= 11 is 0. The molecule has 1 aromatic carbocycles. The maximum atomic E-state index is 9.42. The summed E-state index contributed by atoms with van der Waals surface area (Å²) in [5.41, 5.74) is 1.08. The average molecular weight is 237 g/mol. The molecule has 0 aliphatic carbocycles. The molecule has 0 aromatic heterocycles. The van der Waals surface area contributed by atoms with Crippen molar-refractivity contribution in [3.63, 3.8) is 0 Å². The van der Waals surface area contributed by atoms with E-state index < -0.39 is 0 Å². The summed E-state index contributed by atoms with van der Waals surface area (Å²) in [6.45, 7) is 4.31. The van der Waals surface area contributed by atoms with Crippen molar-refractivity contribution in [3.8, 4) is 5.75 Å². The smallest absolute Gasteiger partial charge is 0.115 e. The third-order valence-corrected chi connectivity index (χ3v) is 3.13. The van der Waals surface area contributed by atoms with Crippen molar-refractivity contribution < 1.29 is 14.9 Å². The molecule has 2 rings (SSSR count). The molecule has 2 N–H and O–H groups in total. The van der Waals surface area contributed by atoms with Crippen LogP contribution in [-0.2, 0) is 11.3 Å². The Morgan fingerprint density at radius 2 is 2.29 bits per heavy atom. The van der Waals surface area contributed by atoms with E-state index in [1.807, 2.05) is 12.1 Å². The van der Waals surface area contributed by atoms with Crippen LogP contribution in [0.2, 0.25) is 0 Å². The minimum Gasteiger partial charge on any atom is -0.508 e. The highest BCUT2D eigenvalue weighted by Gasteiger charge is 2.25. The van der Waals surface area contributed by atoms with E-state index in [0.29, 0.717) is 18.4 Å². The molecule has 1 saturated heterocycles. The quantitative estimate of drug-likeness (QED) is 0.822. The van der Waals surface area contributed by atoms with Gasteiger partial charge in [0.2, 0.25) is 0 Å². The van der Waals surface area contributed by atoms with Gasteiger partial charge in [-0.3, -0.25) is 4.90 Å². The van der Waals surface area contributed by atoms with Crippen molar-refractivity contribution >= 4 is 0 Å². The number of benzene rings is 1. The number of morpholine rings is 1. The zero-order valence-corrected chi connectivity index (χ0v) is 10.0. The van der Waals surface area contributed by atoms with Gasteiger partial charge in [0.15, 0.2) is 0 Å². The van der Waals surface area contributed by atoms with Crippen molar-refractivity contribution in [3.05, 3.63) is 29.8 Å². The molecule has 2 unspecified atom stereocenters. The number of rotatable bonds is 3. The Morgan fingerprint density at radius 1 is 1.47 bits per heavy atom. The third-order valence-electron chi connectivity index (χ3n) is 3.13. The minimum absolute atomic E-state index is 0.0588. The predicted octanol–water partition coefficient (Wildman–Crippen LogP) is 0.974. The molecule has 0 saturated carbocycles. The second-order valence-electron chi connectivity index (χ2n) is 4.59. The lowest BCUT2D eigenvalue weighted by atomic mass is 10.1. The number of hydrogen-bond acceptors (Lipinski definition) is 4. The van der Waals surface area contributed by atoms with Crippen LogP contribution in [0.3, 0.4) is 0 Å². The second-order valence-corrected chi connectivity index (χ2v) is 4.59. The molecule has 17 heavy (non-hydrogen) atoms. The SMILES string of the molecule is CC1COC(CO)CN1Cc1cccc(O)c1. The average Bonchev–Trinajstić information content (AvgIpc) is 2.32. The third kappa shape index (κ3) is 3.19. The Balaban J connectivity index is 2.01. The molecule has 1 fully saturated rings. The zero-order valence-electron chi connectivity index (χ0n) is 10.0. The van der Waals surface area contributed by atoms with Crippen LogP contribution in [0, 0.1) is 0 Å². The van der Waals surface area contributed by atoms with Gasteiger partial charge in [0.1, 0.15) is 5.75 Å². The molecule has 0 spiro atoms. The molecule has 2 atom stereocenters. The number of aromatic hydroxyl groups is 1. The van der Waals surface area contributed by atoms with Gasteiger partial charge in [-0.2, -0.15) is 0 Å². The van der Waals surface area contributed by atoms with E-state index in [1.165, 1.54) is 0 Å². The van der Waals surface area contributed by atoms with E-state index in [9.17, 15) is 5.11 Å². The Morgan fingerprint density at radius 3 is 3.00 bits per heavy atom. The van der Waals surface area contributed by atoms with Gasteiger partial charge in [-0.05, 0) is 24.6 Å². The molecule has 1 aromatic rings. The van der Waals surface area contributed by atoms with Crippen LogP contribution >= 0.6 is 0 Å². The van der Waals surface area contributed by atoms with Crippen LogP contribution in [0.5, 0.6) is 5.75 Å². The summed E-state index contributed by atoms with van der Waals surface area (Å²) in [4.78, 5) is 2.26. The first-order valence-electron chi connectivity index (χ1n) is 5.93. The van der Waals surface area contributed by atoms with Gasteiger partial charge in [0.05, 0.1) is 19.3 Å². The molecule has 1 heterocycles. The van der Waals surface area contributed by atoms with Gasteiger partial charge < -0.3 is 14.9 Å². The summed E-state index contributed by atoms with van der Waals surface area (Å²) in [6.07, 6.45) is -0.0940. The highest BCUT2D eigenvalue weighted by Crippen LogP contribution is 2.17. The summed E-state index contributed by atoms with van der Waals surface area (Å²) in [7, 11) is 0. The summed E-state index contributed by atoms with van der Waals surface area (Å²) in [5, 5.41) is 18.5. The molecule has 94 valence electrons. The van der Waals surface area contributed by atoms with E-state index in [2.05, 4.69) is 11.8 Å². The second kappa shape index (κ2) is 5.49. The monoisotopic (exact) mass is 237 g/mol. The molecule has 1 aliphatic rings. The van der Waals surface area contributed by atoms with Crippen LogP contribution < -0.4 is 0 Å². The zero-order chi connectivity index (χ0) is 12.3. The van der Waals surface area contributed by atoms with Crippen molar-refractivity contribution in [1.29, 1.82) is 0 Å². The van der Waals surface area contributed by atoms with Crippen molar-refractivity contribution in [2.75, 3.05) is 19.8 Å². The van der Waals surface area contributed by atoms with Crippen molar-refractivity contribution in [2.45, 2.75) is 25.6 Å². The lowest BCUT2D eigenvalue weighted by molar-refractivity contribution is -0.0805. The topological polar surface area (TPSA) is 52.9 Å².